The van der Waals surface area contributed by atoms with E-state index in [0.29, 0.717) is 31.7 Å². The number of imidazole rings is 1. The van der Waals surface area contributed by atoms with E-state index in [9.17, 15) is 4.79 Å². The van der Waals surface area contributed by atoms with Gasteiger partial charge >= 0.3 is 0 Å². The number of carbonyl (C=O) groups excluding carboxylic acids is 1. The van der Waals surface area contributed by atoms with Crippen molar-refractivity contribution in [3.05, 3.63) is 119 Å². The number of fused-ring (bicyclic) bond motifs is 3. The second kappa shape index (κ2) is 8.87. The SMILES string of the molecule is CCN1C(=O)c2nc(Cc3ccccc3)n(Cc3ccccc3)c2N2C[C@@H](c3ccccc3)N=C12. The lowest BCUT2D eigenvalue weighted by molar-refractivity contribution is 0.0841. The molecule has 2 aliphatic heterocycles. The van der Waals surface area contributed by atoms with Crippen LogP contribution >= 0.6 is 0 Å². The van der Waals surface area contributed by atoms with Crippen LogP contribution in [0.2, 0.25) is 0 Å². The van der Waals surface area contributed by atoms with E-state index in [1.165, 1.54) is 11.1 Å². The molecule has 6 rings (SSSR count). The number of amides is 1. The zero-order chi connectivity index (χ0) is 23.8. The Morgan fingerprint density at radius 1 is 0.857 bits per heavy atom. The monoisotopic (exact) mass is 461 g/mol. The van der Waals surface area contributed by atoms with Crippen LogP contribution in [0.25, 0.3) is 0 Å². The Morgan fingerprint density at radius 3 is 2.14 bits per heavy atom. The molecule has 0 radical (unpaired) electrons. The summed E-state index contributed by atoms with van der Waals surface area (Å²) in [7, 11) is 0. The first-order chi connectivity index (χ1) is 17.2. The van der Waals surface area contributed by atoms with Gasteiger partial charge in [-0.2, -0.15) is 0 Å². The summed E-state index contributed by atoms with van der Waals surface area (Å²) in [5.41, 5.74) is 4.01. The van der Waals surface area contributed by atoms with Crippen LogP contribution in [0.3, 0.4) is 0 Å². The molecule has 0 fully saturated rings. The first-order valence-electron chi connectivity index (χ1n) is 12.1. The average molecular weight is 462 g/mol. The molecule has 2 aliphatic rings. The van der Waals surface area contributed by atoms with E-state index >= 15 is 0 Å². The van der Waals surface area contributed by atoms with Gasteiger partial charge in [-0.15, -0.1) is 0 Å². The number of nitrogens with zero attached hydrogens (tertiary/aromatic N) is 5. The minimum Gasteiger partial charge on any atom is -0.309 e. The maximum absolute atomic E-state index is 13.6. The van der Waals surface area contributed by atoms with Crippen molar-refractivity contribution >= 4 is 17.7 Å². The molecule has 0 aliphatic carbocycles. The molecule has 0 bridgehead atoms. The molecule has 3 aromatic carbocycles. The van der Waals surface area contributed by atoms with Crippen LogP contribution in [-0.2, 0) is 13.0 Å². The van der Waals surface area contributed by atoms with Gasteiger partial charge in [-0.1, -0.05) is 91.0 Å². The molecule has 35 heavy (non-hydrogen) atoms. The third kappa shape index (κ3) is 3.81. The molecule has 4 aromatic rings. The van der Waals surface area contributed by atoms with Crippen molar-refractivity contribution in [2.75, 3.05) is 18.0 Å². The van der Waals surface area contributed by atoms with Crippen molar-refractivity contribution in [1.29, 1.82) is 0 Å². The largest absolute Gasteiger partial charge is 0.309 e. The highest BCUT2D eigenvalue weighted by Crippen LogP contribution is 2.37. The van der Waals surface area contributed by atoms with E-state index < -0.39 is 0 Å². The third-order valence-corrected chi connectivity index (χ3v) is 6.72. The molecule has 0 unspecified atom stereocenters. The zero-order valence-corrected chi connectivity index (χ0v) is 19.7. The van der Waals surface area contributed by atoms with Crippen LogP contribution in [-0.4, -0.2) is 39.4 Å². The van der Waals surface area contributed by atoms with Gasteiger partial charge in [-0.3, -0.25) is 14.6 Å². The number of hydrogen-bond acceptors (Lipinski definition) is 4. The van der Waals surface area contributed by atoms with Crippen LogP contribution in [0.15, 0.2) is 96.0 Å². The fraction of sp³-hybridized carbons (Fsp3) is 0.207. The van der Waals surface area contributed by atoms with Gasteiger partial charge in [0.05, 0.1) is 19.1 Å². The highest BCUT2D eigenvalue weighted by molar-refractivity contribution is 6.18. The Balaban J connectivity index is 1.48. The van der Waals surface area contributed by atoms with E-state index in [4.69, 9.17) is 9.98 Å². The van der Waals surface area contributed by atoms with Gasteiger partial charge < -0.3 is 4.57 Å². The van der Waals surface area contributed by atoms with Crippen LogP contribution < -0.4 is 4.90 Å². The Morgan fingerprint density at radius 2 is 1.49 bits per heavy atom. The predicted molar refractivity (Wildman–Crippen MR) is 138 cm³/mol. The van der Waals surface area contributed by atoms with Crippen LogP contribution in [0.5, 0.6) is 0 Å². The Bertz CT molecular complexity index is 1380. The third-order valence-electron chi connectivity index (χ3n) is 6.72. The van der Waals surface area contributed by atoms with Crippen molar-refractivity contribution in [3.63, 3.8) is 0 Å². The van der Waals surface area contributed by atoms with Gasteiger partial charge in [0.15, 0.2) is 5.69 Å². The summed E-state index contributed by atoms with van der Waals surface area (Å²) in [6.07, 6.45) is 0.655. The summed E-state index contributed by atoms with van der Waals surface area (Å²) in [6, 6.07) is 31.0. The minimum absolute atomic E-state index is 0.0309. The van der Waals surface area contributed by atoms with Crippen molar-refractivity contribution in [2.45, 2.75) is 25.9 Å². The Labute approximate surface area is 205 Å². The second-order valence-corrected chi connectivity index (χ2v) is 8.95. The number of rotatable bonds is 6. The predicted octanol–water partition coefficient (Wildman–Crippen LogP) is 4.92. The van der Waals surface area contributed by atoms with Gasteiger partial charge in [-0.05, 0) is 23.6 Å². The van der Waals surface area contributed by atoms with Gasteiger partial charge in [0.1, 0.15) is 11.6 Å². The fourth-order valence-corrected chi connectivity index (χ4v) is 5.01. The lowest BCUT2D eigenvalue weighted by atomic mass is 10.1. The normalized spacial score (nSPS) is 16.8. The number of carbonyl (C=O) groups is 1. The summed E-state index contributed by atoms with van der Waals surface area (Å²) in [4.78, 5) is 27.6. The molecule has 1 amide bonds. The summed E-state index contributed by atoms with van der Waals surface area (Å²) >= 11 is 0. The number of anilines is 1. The van der Waals surface area contributed by atoms with Gasteiger partial charge in [0.25, 0.3) is 5.91 Å². The number of benzene rings is 3. The number of guanidine groups is 1. The maximum Gasteiger partial charge on any atom is 0.283 e. The first-order valence-corrected chi connectivity index (χ1v) is 12.1. The van der Waals surface area contributed by atoms with Gasteiger partial charge in [-0.25, -0.2) is 9.98 Å². The zero-order valence-electron chi connectivity index (χ0n) is 19.7. The number of aromatic nitrogens is 2. The van der Waals surface area contributed by atoms with Gasteiger partial charge in [0, 0.05) is 13.0 Å². The number of hydrogen-bond donors (Lipinski definition) is 0. The lowest BCUT2D eigenvalue weighted by Crippen LogP contribution is -2.50. The lowest BCUT2D eigenvalue weighted by Gasteiger charge is -2.33. The molecule has 6 nitrogen and oxygen atoms in total. The summed E-state index contributed by atoms with van der Waals surface area (Å²) in [5.74, 6) is 2.39. The minimum atomic E-state index is -0.0765. The summed E-state index contributed by atoms with van der Waals surface area (Å²) in [6.45, 7) is 3.87. The Hall–Kier alpha value is -4.19. The topological polar surface area (TPSA) is 53.7 Å². The van der Waals surface area contributed by atoms with Crippen molar-refractivity contribution in [3.8, 4) is 0 Å². The smallest absolute Gasteiger partial charge is 0.283 e. The maximum atomic E-state index is 13.6. The van der Waals surface area contributed by atoms with E-state index in [-0.39, 0.29) is 11.9 Å². The van der Waals surface area contributed by atoms with E-state index in [1.54, 1.807) is 4.90 Å². The fourth-order valence-electron chi connectivity index (χ4n) is 5.01. The molecule has 1 aromatic heterocycles. The summed E-state index contributed by atoms with van der Waals surface area (Å²) < 4.78 is 2.21. The molecule has 0 spiro atoms. The molecule has 3 heterocycles. The van der Waals surface area contributed by atoms with Crippen LogP contribution in [0, 0.1) is 0 Å². The standard InChI is InChI=1S/C29H27N5O/c1-2-32-28(35)26-27(34-20-24(30-29(32)34)23-16-10-5-11-17-23)33(19-22-14-8-4-9-15-22)25(31-26)18-21-12-6-3-7-13-21/h3-17,24H,2,18-20H2,1H3/t24-/m0/s1. The van der Waals surface area contributed by atoms with Crippen molar-refractivity contribution in [1.82, 2.24) is 14.5 Å². The highest BCUT2D eigenvalue weighted by atomic mass is 16.2. The molecule has 6 heteroatoms. The van der Waals surface area contributed by atoms with Crippen LogP contribution in [0.4, 0.5) is 5.82 Å². The van der Waals surface area contributed by atoms with Crippen LogP contribution in [0.1, 0.15) is 46.0 Å². The highest BCUT2D eigenvalue weighted by Gasteiger charge is 2.43. The van der Waals surface area contributed by atoms with E-state index in [1.807, 2.05) is 61.5 Å². The second-order valence-electron chi connectivity index (χ2n) is 8.95. The average Bonchev–Trinajstić information content (AvgIpc) is 3.49. The quantitative estimate of drug-likeness (QED) is 0.410. The van der Waals surface area contributed by atoms with Crippen molar-refractivity contribution in [2.24, 2.45) is 4.99 Å². The number of aliphatic imine (C=N–C) groups is 1. The molecule has 0 saturated heterocycles. The Kier molecular flexibility index (Phi) is 5.41. The first kappa shape index (κ1) is 21.4. The molecule has 174 valence electrons. The van der Waals surface area contributed by atoms with E-state index in [2.05, 4.69) is 45.9 Å². The molecule has 1 atom stereocenters. The summed E-state index contributed by atoms with van der Waals surface area (Å²) in [5, 5.41) is 0. The van der Waals surface area contributed by atoms with Gasteiger partial charge in [0.2, 0.25) is 5.96 Å². The van der Waals surface area contributed by atoms with Crippen molar-refractivity contribution < 1.29 is 4.79 Å². The van der Waals surface area contributed by atoms with E-state index in [0.717, 1.165) is 23.2 Å². The molecule has 0 saturated carbocycles. The molecular weight excluding hydrogens is 434 g/mol. The molecule has 0 N–H and O–H groups in total. The molecular formula is C29H27N5O.